The summed E-state index contributed by atoms with van der Waals surface area (Å²) in [5.41, 5.74) is 2.92. The van der Waals surface area contributed by atoms with Crippen LogP contribution in [0.3, 0.4) is 0 Å². The third kappa shape index (κ3) is 4.79. The number of hydrogen-bond donors (Lipinski definition) is 2. The molecule has 172 valence electrons. The van der Waals surface area contributed by atoms with E-state index in [2.05, 4.69) is 0 Å². The van der Waals surface area contributed by atoms with Crippen LogP contribution in [0.5, 0.6) is 0 Å². The molecule has 0 fully saturated rings. The van der Waals surface area contributed by atoms with Gasteiger partial charge in [-0.05, 0) is 68.1 Å². The van der Waals surface area contributed by atoms with Gasteiger partial charge in [0.2, 0.25) is 0 Å². The van der Waals surface area contributed by atoms with Crippen molar-refractivity contribution in [1.82, 2.24) is 0 Å². The van der Waals surface area contributed by atoms with Crippen LogP contribution in [-0.2, 0) is 20.2 Å². The summed E-state index contributed by atoms with van der Waals surface area (Å²) < 4.78 is 67.3. The Labute approximate surface area is 225 Å². The van der Waals surface area contributed by atoms with E-state index in [4.69, 9.17) is 0 Å². The van der Waals surface area contributed by atoms with Gasteiger partial charge in [-0.15, -0.1) is 0 Å². The molecule has 6 nitrogen and oxygen atoms in total. The summed E-state index contributed by atoms with van der Waals surface area (Å²) in [4.78, 5) is -0.491. The van der Waals surface area contributed by atoms with E-state index in [0.29, 0.717) is 32.7 Å². The topological polar surface area (TPSA) is 109 Å². The summed E-state index contributed by atoms with van der Waals surface area (Å²) in [6, 6.07) is 27.3. The average molecular weight is 515 g/mol. The Balaban J connectivity index is 0.00000289. The van der Waals surface area contributed by atoms with Gasteiger partial charge in [0.25, 0.3) is 20.2 Å². The van der Waals surface area contributed by atoms with Gasteiger partial charge in [0, 0.05) is 0 Å². The van der Waals surface area contributed by atoms with Crippen LogP contribution in [-0.4, -0.2) is 55.5 Å². The van der Waals surface area contributed by atoms with Crippen molar-refractivity contribution < 1.29 is 25.9 Å². The van der Waals surface area contributed by atoms with E-state index in [1.54, 1.807) is 12.1 Å². The van der Waals surface area contributed by atoms with E-state index in [1.165, 1.54) is 24.3 Å². The minimum atomic E-state index is -4.46. The molecule has 0 heterocycles. The van der Waals surface area contributed by atoms with E-state index < -0.39 is 20.2 Å². The zero-order chi connectivity index (χ0) is 24.1. The van der Waals surface area contributed by atoms with E-state index in [-0.39, 0.29) is 39.3 Å². The summed E-state index contributed by atoms with van der Waals surface area (Å²) in [6.45, 7) is 0. The van der Waals surface area contributed by atoms with Crippen molar-refractivity contribution in [2.75, 3.05) is 0 Å². The summed E-state index contributed by atoms with van der Waals surface area (Å²) in [6.07, 6.45) is 0. The molecule has 0 spiro atoms. The Bertz CT molecular complexity index is 1650. The van der Waals surface area contributed by atoms with Crippen LogP contribution >= 0.6 is 0 Å². The second-order valence-electron chi connectivity index (χ2n) is 7.85. The number of hydrogen-bond acceptors (Lipinski definition) is 4. The standard InChI is InChI=1S/C26H18O6S2.Na.H/c27-33(28,29)19-12-14-22-23(15-19)25(17-7-3-1-4-8-17)21-13-11-20(34(30,31)32)16-24(21)26(22)18-9-5-2-6-10-18;;/h1-16H,(H,27,28,29)(H,30,31,32);;. The molecule has 0 saturated carbocycles. The number of benzene rings is 5. The first-order chi connectivity index (χ1) is 16.1. The molecule has 0 saturated heterocycles. The van der Waals surface area contributed by atoms with Gasteiger partial charge in [0.05, 0.1) is 9.79 Å². The summed E-state index contributed by atoms with van der Waals surface area (Å²) in [5, 5.41) is 2.48. The fourth-order valence-corrected chi connectivity index (χ4v) is 5.35. The first-order valence-electron chi connectivity index (χ1n) is 10.2. The quantitative estimate of drug-likeness (QED) is 0.195. The molecule has 0 aliphatic heterocycles. The van der Waals surface area contributed by atoms with Gasteiger partial charge in [0.15, 0.2) is 0 Å². The summed E-state index contributed by atoms with van der Waals surface area (Å²) in [7, 11) is -8.92. The minimum absolute atomic E-state index is 0. The SMILES string of the molecule is O=S(=O)(O)c1ccc2c(-c3ccccc3)c3cc(S(=O)(=O)O)ccc3c(-c3ccccc3)c2c1.[NaH]. The van der Waals surface area contributed by atoms with Crippen molar-refractivity contribution in [3.05, 3.63) is 97.1 Å². The zero-order valence-electron chi connectivity index (χ0n) is 17.6. The average Bonchev–Trinajstić information content (AvgIpc) is 2.81. The molecule has 35 heavy (non-hydrogen) atoms. The van der Waals surface area contributed by atoms with Crippen molar-refractivity contribution in [2.45, 2.75) is 9.79 Å². The van der Waals surface area contributed by atoms with Crippen LogP contribution in [0.25, 0.3) is 43.8 Å². The van der Waals surface area contributed by atoms with Gasteiger partial charge in [-0.2, -0.15) is 16.8 Å². The molecular weight excluding hydrogens is 495 g/mol. The third-order valence-corrected chi connectivity index (χ3v) is 7.48. The first-order valence-corrected chi connectivity index (χ1v) is 13.1. The molecule has 5 aromatic carbocycles. The normalized spacial score (nSPS) is 11.9. The van der Waals surface area contributed by atoms with Crippen LogP contribution in [0.2, 0.25) is 0 Å². The van der Waals surface area contributed by atoms with Crippen LogP contribution in [0.15, 0.2) is 107 Å². The van der Waals surface area contributed by atoms with Gasteiger partial charge >= 0.3 is 29.6 Å². The number of rotatable bonds is 4. The monoisotopic (exact) mass is 514 g/mol. The molecule has 0 aromatic heterocycles. The fraction of sp³-hybridized carbons (Fsp3) is 0. The Kier molecular flexibility index (Phi) is 6.91. The van der Waals surface area contributed by atoms with Gasteiger partial charge in [-0.25, -0.2) is 0 Å². The van der Waals surface area contributed by atoms with Gasteiger partial charge in [0.1, 0.15) is 0 Å². The van der Waals surface area contributed by atoms with Gasteiger partial charge in [-0.3, -0.25) is 9.11 Å². The molecule has 0 aliphatic carbocycles. The molecule has 5 rings (SSSR count). The first kappa shape index (κ1) is 25.5. The van der Waals surface area contributed by atoms with Crippen molar-refractivity contribution in [2.24, 2.45) is 0 Å². The molecular formula is C26H19NaO6S2. The van der Waals surface area contributed by atoms with E-state index in [1.807, 2.05) is 60.7 Å². The number of fused-ring (bicyclic) bond motifs is 2. The Morgan fingerprint density at radius 2 is 0.800 bits per heavy atom. The van der Waals surface area contributed by atoms with E-state index >= 15 is 0 Å². The molecule has 5 aromatic rings. The molecule has 0 amide bonds. The van der Waals surface area contributed by atoms with E-state index in [0.717, 1.165) is 11.1 Å². The van der Waals surface area contributed by atoms with Crippen LogP contribution < -0.4 is 0 Å². The van der Waals surface area contributed by atoms with Crippen molar-refractivity contribution >= 4 is 71.3 Å². The second kappa shape index (κ2) is 9.48. The van der Waals surface area contributed by atoms with Crippen molar-refractivity contribution in [3.8, 4) is 22.3 Å². The fourth-order valence-electron chi connectivity index (χ4n) is 4.34. The molecule has 0 unspecified atom stereocenters. The van der Waals surface area contributed by atoms with Crippen LogP contribution in [0, 0.1) is 0 Å². The van der Waals surface area contributed by atoms with Gasteiger partial charge < -0.3 is 0 Å². The predicted octanol–water partition coefficient (Wildman–Crippen LogP) is 5.17. The van der Waals surface area contributed by atoms with Crippen molar-refractivity contribution in [1.29, 1.82) is 0 Å². The molecule has 0 atom stereocenters. The molecule has 0 bridgehead atoms. The maximum atomic E-state index is 12.0. The van der Waals surface area contributed by atoms with Crippen molar-refractivity contribution in [3.63, 3.8) is 0 Å². The third-order valence-electron chi connectivity index (χ3n) is 5.78. The van der Waals surface area contributed by atoms with E-state index in [9.17, 15) is 25.9 Å². The summed E-state index contributed by atoms with van der Waals surface area (Å²) >= 11 is 0. The molecule has 2 N–H and O–H groups in total. The van der Waals surface area contributed by atoms with Crippen LogP contribution in [0.4, 0.5) is 0 Å². The Morgan fingerprint density at radius 3 is 1.11 bits per heavy atom. The second-order valence-corrected chi connectivity index (χ2v) is 10.7. The predicted molar refractivity (Wildman–Crippen MR) is 139 cm³/mol. The Hall–Kier alpha value is -2.56. The summed E-state index contributed by atoms with van der Waals surface area (Å²) in [5.74, 6) is 0. The van der Waals surface area contributed by atoms with Crippen LogP contribution in [0.1, 0.15) is 0 Å². The molecule has 0 aliphatic rings. The maximum absolute atomic E-state index is 12.0. The molecule has 0 radical (unpaired) electrons. The van der Waals surface area contributed by atoms with Gasteiger partial charge in [-0.1, -0.05) is 72.8 Å². The molecule has 9 heteroatoms. The Morgan fingerprint density at radius 1 is 0.457 bits per heavy atom. The zero-order valence-corrected chi connectivity index (χ0v) is 19.2.